The fraction of sp³-hybridized carbons (Fsp3) is 0.400. The molecule has 0 N–H and O–H groups in total. The van der Waals surface area contributed by atoms with Crippen molar-refractivity contribution >= 4 is 29.7 Å². The highest BCUT2D eigenvalue weighted by atomic mass is 15.7. The second kappa shape index (κ2) is 3.91. The number of rotatable bonds is 0. The summed E-state index contributed by atoms with van der Waals surface area (Å²) in [5.41, 5.74) is 4.00. The number of fused-ring (bicyclic) bond motifs is 6. The van der Waals surface area contributed by atoms with Crippen molar-refractivity contribution in [1.82, 2.24) is 9.80 Å². The van der Waals surface area contributed by atoms with Crippen LogP contribution >= 0.6 is 0 Å². The molecule has 1 aromatic rings. The van der Waals surface area contributed by atoms with Crippen LogP contribution in [0, 0.1) is 6.57 Å². The van der Waals surface area contributed by atoms with Gasteiger partial charge in [0.05, 0.1) is 23.9 Å². The number of hydrogen-bond acceptors (Lipinski definition) is 6. The van der Waals surface area contributed by atoms with Gasteiger partial charge in [0.15, 0.2) is 5.69 Å². The van der Waals surface area contributed by atoms with E-state index in [1.54, 1.807) is 0 Å². The minimum absolute atomic E-state index is 0. The smallest absolute Gasteiger partial charge is 0.191 e. The van der Waals surface area contributed by atoms with Gasteiger partial charge in [0.1, 0.15) is 25.0 Å². The quantitative estimate of drug-likeness (QED) is 0.687. The lowest BCUT2D eigenvalue weighted by atomic mass is 9.97. The van der Waals surface area contributed by atoms with Gasteiger partial charge in [0.25, 0.3) is 0 Å². The fourth-order valence-corrected chi connectivity index (χ4v) is 3.96. The highest BCUT2D eigenvalue weighted by Gasteiger charge is 2.56. The molecule has 0 aromatic heterocycles. The Bertz CT molecular complexity index is 709. The molecule has 0 saturated carbocycles. The summed E-state index contributed by atoms with van der Waals surface area (Å²) in [6.07, 6.45) is 4.05. The highest BCUT2D eigenvalue weighted by Crippen LogP contribution is 2.57. The van der Waals surface area contributed by atoms with Gasteiger partial charge in [-0.15, -0.1) is 0 Å². The molecule has 0 fully saturated rings. The zero-order valence-electron chi connectivity index (χ0n) is 11.7. The summed E-state index contributed by atoms with van der Waals surface area (Å²) < 4.78 is 0. The van der Waals surface area contributed by atoms with Gasteiger partial charge in [-0.25, -0.2) is 14.9 Å². The maximum Gasteiger partial charge on any atom is 0.191 e. The lowest BCUT2D eigenvalue weighted by molar-refractivity contribution is 0.263. The molecule has 0 aliphatic carbocycles. The van der Waals surface area contributed by atoms with Crippen LogP contribution in [0.1, 0.15) is 18.9 Å². The van der Waals surface area contributed by atoms with Crippen LogP contribution in [0.4, 0.5) is 17.1 Å². The van der Waals surface area contributed by atoms with Crippen LogP contribution in [0.25, 0.3) is 4.85 Å². The van der Waals surface area contributed by atoms with Gasteiger partial charge in [0.2, 0.25) is 0 Å². The van der Waals surface area contributed by atoms with Crippen molar-refractivity contribution in [3.8, 4) is 0 Å². The van der Waals surface area contributed by atoms with Gasteiger partial charge >= 0.3 is 0 Å². The molecule has 1 aromatic carbocycles. The van der Waals surface area contributed by atoms with Crippen molar-refractivity contribution < 1.29 is 0 Å². The molecule has 0 saturated heterocycles. The molecule has 0 radical (unpaired) electrons. The van der Waals surface area contributed by atoms with E-state index in [0.29, 0.717) is 5.69 Å². The molecule has 2 atom stereocenters. The normalized spacial score (nSPS) is 28.7. The Morgan fingerprint density at radius 3 is 1.95 bits per heavy atom. The lowest BCUT2D eigenvalue weighted by Crippen LogP contribution is -2.48. The summed E-state index contributed by atoms with van der Waals surface area (Å²) >= 11 is 0. The Kier molecular flexibility index (Phi) is 2.30. The van der Waals surface area contributed by atoms with Gasteiger partial charge in [-0.3, -0.25) is 0 Å². The van der Waals surface area contributed by atoms with Gasteiger partial charge < -0.3 is 9.80 Å². The first-order valence-corrected chi connectivity index (χ1v) is 6.86. The van der Waals surface area contributed by atoms with Crippen molar-refractivity contribution in [1.29, 1.82) is 0 Å². The fourth-order valence-electron chi connectivity index (χ4n) is 3.96. The van der Waals surface area contributed by atoms with Crippen molar-refractivity contribution in [2.45, 2.75) is 25.7 Å². The van der Waals surface area contributed by atoms with E-state index in [1.165, 1.54) is 5.56 Å². The number of nitrogens with zero attached hydrogens (tertiary/aromatic N) is 7. The maximum atomic E-state index is 7.34. The monoisotopic (exact) mass is 295 g/mol. The van der Waals surface area contributed by atoms with Crippen LogP contribution in [0.3, 0.4) is 0 Å². The molecule has 0 bridgehead atoms. The number of benzene rings is 1. The molecule has 4 heterocycles. The van der Waals surface area contributed by atoms with E-state index in [1.807, 2.05) is 48.9 Å². The van der Waals surface area contributed by atoms with Gasteiger partial charge in [-0.2, -0.15) is 10.2 Å². The third kappa shape index (κ3) is 1.21. The second-order valence-corrected chi connectivity index (χ2v) is 5.84. The van der Waals surface area contributed by atoms with Crippen molar-refractivity contribution in [3.05, 3.63) is 29.1 Å². The molecule has 4 aliphatic rings. The Balaban J connectivity index is 0.00000125. The summed E-state index contributed by atoms with van der Waals surface area (Å²) in [5.74, 6) is 0.287. The molecular weight excluding hydrogens is 278 g/mol. The van der Waals surface area contributed by atoms with E-state index in [4.69, 9.17) is 6.57 Å². The molecule has 112 valence electrons. The Morgan fingerprint density at radius 2 is 1.50 bits per heavy atom. The van der Waals surface area contributed by atoms with Crippen molar-refractivity contribution in [2.24, 2.45) is 10.2 Å². The zero-order chi connectivity index (χ0) is 14.3. The molecule has 4 aliphatic heterocycles. The Hall–Kier alpha value is -2.75. The molecule has 22 heavy (non-hydrogen) atoms. The minimum atomic E-state index is 0. The van der Waals surface area contributed by atoms with Crippen molar-refractivity contribution in [2.75, 3.05) is 24.1 Å². The minimum Gasteiger partial charge on any atom is -0.342 e. The van der Waals surface area contributed by atoms with Crippen LogP contribution in [-0.2, 0) is 0 Å². The van der Waals surface area contributed by atoms with E-state index in [9.17, 15) is 0 Å². The number of hydrazone groups is 2. The van der Waals surface area contributed by atoms with Gasteiger partial charge in [-0.05, 0) is 12.1 Å². The van der Waals surface area contributed by atoms with Crippen LogP contribution in [0.2, 0.25) is 0 Å². The zero-order valence-corrected chi connectivity index (χ0v) is 11.7. The van der Waals surface area contributed by atoms with Crippen molar-refractivity contribution in [3.63, 3.8) is 0 Å². The molecule has 5 rings (SSSR count). The van der Waals surface area contributed by atoms with Gasteiger partial charge in [0, 0.05) is 19.7 Å². The van der Waals surface area contributed by atoms with Crippen LogP contribution in [0.5, 0.6) is 0 Å². The van der Waals surface area contributed by atoms with E-state index >= 15 is 0 Å². The Labute approximate surface area is 129 Å². The standard InChI is InChI=1S/C14H13N7.CH4/c1-15-8-4-9-11-10(5-8)21-14(19(3)7-17-21)12(11)13-18(2)6-16-20(9)13;/h4-7,12-14H,2-3H3;1H4. The molecular formula is C15H17N7. The molecule has 2 unspecified atom stereocenters. The first kappa shape index (κ1) is 13.0. The highest BCUT2D eigenvalue weighted by molar-refractivity contribution is 5.86. The van der Waals surface area contributed by atoms with Crippen LogP contribution < -0.4 is 10.0 Å². The van der Waals surface area contributed by atoms with E-state index in [0.717, 1.165) is 11.4 Å². The SMILES string of the molecule is C.[C-]#[N+]c1cc2c3c(c1)N1N=CN(C)C1C3C1N(C)C=NN21. The number of hydrogen-bond donors (Lipinski definition) is 0. The number of anilines is 2. The number of likely N-dealkylation sites (N-methyl/N-ethyl adjacent to an activating group) is 2. The topological polar surface area (TPSA) is 42.0 Å². The summed E-state index contributed by atoms with van der Waals surface area (Å²) in [6, 6.07) is 3.89. The first-order valence-electron chi connectivity index (χ1n) is 6.86. The summed E-state index contributed by atoms with van der Waals surface area (Å²) in [6.45, 7) is 7.34. The second-order valence-electron chi connectivity index (χ2n) is 5.84. The predicted molar refractivity (Wildman–Crippen MR) is 87.2 cm³/mol. The molecule has 7 nitrogen and oxygen atoms in total. The predicted octanol–water partition coefficient (Wildman–Crippen LogP) is 2.03. The van der Waals surface area contributed by atoms with Gasteiger partial charge in [-0.1, -0.05) is 7.43 Å². The molecule has 0 spiro atoms. The summed E-state index contributed by atoms with van der Waals surface area (Å²) in [4.78, 5) is 7.89. The average Bonchev–Trinajstić information content (AvgIpc) is 3.18. The van der Waals surface area contributed by atoms with E-state index < -0.39 is 0 Å². The largest absolute Gasteiger partial charge is 0.342 e. The van der Waals surface area contributed by atoms with E-state index in [-0.39, 0.29) is 25.7 Å². The maximum absolute atomic E-state index is 7.34. The molecule has 7 heteroatoms. The molecule has 0 amide bonds. The average molecular weight is 295 g/mol. The summed E-state index contributed by atoms with van der Waals surface area (Å²) in [5, 5.41) is 13.1. The first-order chi connectivity index (χ1) is 10.2. The summed E-state index contributed by atoms with van der Waals surface area (Å²) in [7, 11) is 4.10. The Morgan fingerprint density at radius 1 is 1.00 bits per heavy atom. The third-order valence-electron chi connectivity index (χ3n) is 4.77. The lowest BCUT2D eigenvalue weighted by Gasteiger charge is -2.33. The van der Waals surface area contributed by atoms with E-state index in [2.05, 4.69) is 24.8 Å². The van der Waals surface area contributed by atoms with Crippen LogP contribution in [0.15, 0.2) is 22.3 Å². The third-order valence-corrected chi connectivity index (χ3v) is 4.77. The van der Waals surface area contributed by atoms with Crippen LogP contribution in [-0.4, -0.2) is 48.9 Å².